The first-order chi connectivity index (χ1) is 8.24. The predicted octanol–water partition coefficient (Wildman–Crippen LogP) is 8.09. The second-order valence-corrected chi connectivity index (χ2v) is 5.65. The third kappa shape index (κ3) is 21.7. The van der Waals surface area contributed by atoms with Gasteiger partial charge in [0.25, 0.3) is 0 Å². The van der Waals surface area contributed by atoms with Gasteiger partial charge in [-0.1, -0.05) is 53.4 Å². The summed E-state index contributed by atoms with van der Waals surface area (Å²) < 4.78 is 1.42. The van der Waals surface area contributed by atoms with Crippen molar-refractivity contribution >= 4 is 120 Å². The molecule has 0 aromatic rings. The molecule has 6 heteroatoms. The zero-order chi connectivity index (χ0) is 13.0. The van der Waals surface area contributed by atoms with Gasteiger partial charge in [0.05, 0.1) is 26.2 Å². The summed E-state index contributed by atoms with van der Waals surface area (Å²) in [6.45, 7) is 15.0. The van der Waals surface area contributed by atoms with E-state index >= 15 is 0 Å². The Morgan fingerprint density at radius 2 is 0.591 bits per heavy atom. The van der Waals surface area contributed by atoms with E-state index in [1.165, 1.54) is 82.0 Å². The fraction of sp³-hybridized carbons (Fsp3) is 1.00. The molecule has 0 fully saturated rings. The summed E-state index contributed by atoms with van der Waals surface area (Å²) >= 11 is 0. The molecule has 0 rings (SSSR count). The van der Waals surface area contributed by atoms with Crippen molar-refractivity contribution in [3.8, 4) is 0 Å². The SMILES string of the molecule is CCCC[N+](CCCC)(CCCC)CCCC.I.I.I.I.I. The molecular formula is C16H41I5N+. The maximum absolute atomic E-state index is 2.33. The molecule has 0 aliphatic rings. The minimum absolute atomic E-state index is 0. The highest BCUT2D eigenvalue weighted by atomic mass is 127. The fourth-order valence-electron chi connectivity index (χ4n) is 2.64. The van der Waals surface area contributed by atoms with Crippen molar-refractivity contribution in [2.24, 2.45) is 0 Å². The van der Waals surface area contributed by atoms with E-state index in [2.05, 4.69) is 27.7 Å². The lowest BCUT2D eigenvalue weighted by atomic mass is 10.1. The molecule has 0 aliphatic heterocycles. The van der Waals surface area contributed by atoms with Crippen LogP contribution >= 0.6 is 120 Å². The second-order valence-electron chi connectivity index (χ2n) is 5.65. The summed E-state index contributed by atoms with van der Waals surface area (Å²) in [5.41, 5.74) is 0. The zero-order valence-electron chi connectivity index (χ0n) is 15.0. The Labute approximate surface area is 226 Å². The van der Waals surface area contributed by atoms with Gasteiger partial charge in [0.15, 0.2) is 0 Å². The lowest BCUT2D eigenvalue weighted by Gasteiger charge is -2.39. The molecule has 0 aromatic carbocycles. The van der Waals surface area contributed by atoms with Crippen molar-refractivity contribution in [2.75, 3.05) is 26.2 Å². The topological polar surface area (TPSA) is 0 Å². The Kier molecular flexibility index (Phi) is 53.9. The first-order valence-corrected chi connectivity index (χ1v) is 8.09. The van der Waals surface area contributed by atoms with Crippen LogP contribution in [0.1, 0.15) is 79.1 Å². The molecule has 0 atom stereocenters. The first-order valence-electron chi connectivity index (χ1n) is 8.09. The highest BCUT2D eigenvalue weighted by molar-refractivity contribution is 14.0. The maximum atomic E-state index is 2.33. The van der Waals surface area contributed by atoms with Crippen molar-refractivity contribution in [1.29, 1.82) is 0 Å². The minimum Gasteiger partial charge on any atom is -0.324 e. The Morgan fingerprint density at radius 1 is 0.409 bits per heavy atom. The third-order valence-electron chi connectivity index (χ3n) is 3.94. The minimum atomic E-state index is 0. The molecule has 0 bridgehead atoms. The van der Waals surface area contributed by atoms with Gasteiger partial charge >= 0.3 is 0 Å². The van der Waals surface area contributed by atoms with E-state index in [0.717, 1.165) is 0 Å². The molecule has 0 aliphatic carbocycles. The smallest absolute Gasteiger partial charge is 0.0786 e. The lowest BCUT2D eigenvalue weighted by molar-refractivity contribution is -0.929. The highest BCUT2D eigenvalue weighted by Gasteiger charge is 2.24. The van der Waals surface area contributed by atoms with Crippen molar-refractivity contribution in [2.45, 2.75) is 79.1 Å². The van der Waals surface area contributed by atoms with Crippen molar-refractivity contribution in [3.63, 3.8) is 0 Å². The van der Waals surface area contributed by atoms with Crippen molar-refractivity contribution in [1.82, 2.24) is 0 Å². The number of rotatable bonds is 12. The highest BCUT2D eigenvalue weighted by Crippen LogP contribution is 2.16. The molecule has 0 N–H and O–H groups in total. The van der Waals surface area contributed by atoms with Gasteiger partial charge in [-0.15, -0.1) is 120 Å². The van der Waals surface area contributed by atoms with Crippen LogP contribution in [0.15, 0.2) is 0 Å². The fourth-order valence-corrected chi connectivity index (χ4v) is 2.64. The summed E-state index contributed by atoms with van der Waals surface area (Å²) in [7, 11) is 0. The molecule has 22 heavy (non-hydrogen) atoms. The normalized spacial score (nSPS) is 9.27. The summed E-state index contributed by atoms with van der Waals surface area (Å²) in [5, 5.41) is 0. The molecule has 0 heterocycles. The van der Waals surface area contributed by atoms with Gasteiger partial charge in [-0.2, -0.15) is 0 Å². The van der Waals surface area contributed by atoms with Gasteiger partial charge in [0.1, 0.15) is 0 Å². The van der Waals surface area contributed by atoms with Crippen LogP contribution in [0.4, 0.5) is 0 Å². The monoisotopic (exact) mass is 882 g/mol. The largest absolute Gasteiger partial charge is 0.324 e. The second kappa shape index (κ2) is 29.4. The van der Waals surface area contributed by atoms with Crippen LogP contribution in [-0.2, 0) is 0 Å². The summed E-state index contributed by atoms with van der Waals surface area (Å²) in [4.78, 5) is 0. The Bertz CT molecular complexity index is 133. The third-order valence-corrected chi connectivity index (χ3v) is 3.94. The van der Waals surface area contributed by atoms with Gasteiger partial charge < -0.3 is 4.48 Å². The quantitative estimate of drug-likeness (QED) is 0.138. The number of hydrogen-bond donors (Lipinski definition) is 0. The average molecular weight is 882 g/mol. The van der Waals surface area contributed by atoms with E-state index < -0.39 is 0 Å². The van der Waals surface area contributed by atoms with E-state index in [4.69, 9.17) is 0 Å². The van der Waals surface area contributed by atoms with Crippen LogP contribution in [0, 0.1) is 0 Å². The molecule has 0 spiro atoms. The van der Waals surface area contributed by atoms with Gasteiger partial charge in [0.2, 0.25) is 0 Å². The molecular weight excluding hydrogens is 841 g/mol. The molecule has 0 aromatic heterocycles. The summed E-state index contributed by atoms with van der Waals surface area (Å²) in [6.07, 6.45) is 11.1. The Hall–Kier alpha value is 3.61. The van der Waals surface area contributed by atoms with Crippen molar-refractivity contribution in [3.05, 3.63) is 0 Å². The van der Waals surface area contributed by atoms with E-state index in [9.17, 15) is 0 Å². The standard InChI is InChI=1S/C16H36N.5HI/c1-5-9-13-17(14-10-6-2,15-11-7-3)16-12-8-4;;;;;/h5-16H2,1-4H3;5*1H/q+1;;;;;. The lowest BCUT2D eigenvalue weighted by Crippen LogP contribution is -2.50. The number of quaternary nitrogens is 1. The molecule has 1 nitrogen and oxygen atoms in total. The zero-order valence-corrected chi connectivity index (χ0v) is 26.6. The number of hydrogen-bond acceptors (Lipinski definition) is 0. The van der Waals surface area contributed by atoms with Gasteiger partial charge in [-0.25, -0.2) is 0 Å². The predicted molar refractivity (Wildman–Crippen MR) is 156 cm³/mol. The number of nitrogens with zero attached hydrogens (tertiary/aromatic N) is 1. The molecule has 0 amide bonds. The van der Waals surface area contributed by atoms with E-state index in [-0.39, 0.29) is 120 Å². The number of unbranched alkanes of at least 4 members (excludes halogenated alkanes) is 4. The van der Waals surface area contributed by atoms with Crippen LogP contribution < -0.4 is 0 Å². The van der Waals surface area contributed by atoms with Crippen LogP contribution in [0.5, 0.6) is 0 Å². The van der Waals surface area contributed by atoms with E-state index in [0.29, 0.717) is 0 Å². The number of halogens is 5. The maximum Gasteiger partial charge on any atom is 0.0786 e. The van der Waals surface area contributed by atoms with Crippen LogP contribution in [-0.4, -0.2) is 30.7 Å². The van der Waals surface area contributed by atoms with Crippen molar-refractivity contribution < 1.29 is 4.48 Å². The van der Waals surface area contributed by atoms with Crippen LogP contribution in [0.2, 0.25) is 0 Å². The molecule has 144 valence electrons. The molecule has 0 saturated carbocycles. The van der Waals surface area contributed by atoms with Crippen LogP contribution in [0.25, 0.3) is 0 Å². The first kappa shape index (κ1) is 40.3. The van der Waals surface area contributed by atoms with Gasteiger partial charge in [-0.3, -0.25) is 0 Å². The van der Waals surface area contributed by atoms with E-state index in [1.807, 2.05) is 0 Å². The Morgan fingerprint density at radius 3 is 0.727 bits per heavy atom. The average Bonchev–Trinajstić information content (AvgIpc) is 2.37. The molecule has 0 radical (unpaired) electrons. The van der Waals surface area contributed by atoms with Gasteiger partial charge in [-0.05, 0) is 25.7 Å². The Balaban J connectivity index is -0.000000128. The summed E-state index contributed by atoms with van der Waals surface area (Å²) in [6, 6.07) is 0. The molecule has 0 saturated heterocycles. The molecule has 0 unspecified atom stereocenters. The van der Waals surface area contributed by atoms with E-state index in [1.54, 1.807) is 0 Å². The van der Waals surface area contributed by atoms with Crippen LogP contribution in [0.3, 0.4) is 0 Å². The summed E-state index contributed by atoms with van der Waals surface area (Å²) in [5.74, 6) is 0. The van der Waals surface area contributed by atoms with Gasteiger partial charge in [0, 0.05) is 0 Å².